The molecule has 0 bridgehead atoms. The Hall–Kier alpha value is -1.09. The van der Waals surface area contributed by atoms with Crippen LogP contribution in [0.25, 0.3) is 0 Å². The van der Waals surface area contributed by atoms with Crippen LogP contribution in [0.1, 0.15) is 18.5 Å². The van der Waals surface area contributed by atoms with Crippen LogP contribution >= 0.6 is 11.6 Å². The Labute approximate surface area is 82.3 Å². The quantitative estimate of drug-likeness (QED) is 0.540. The van der Waals surface area contributed by atoms with Crippen molar-refractivity contribution in [2.24, 2.45) is 0 Å². The number of carbonyl (C=O) groups excluding carboxylic acids is 1. The first kappa shape index (κ1) is 9.99. The summed E-state index contributed by atoms with van der Waals surface area (Å²) in [4.78, 5) is 16.2. The highest BCUT2D eigenvalue weighted by Gasteiger charge is 2.14. The molecule has 0 aliphatic rings. The first-order valence-electron chi connectivity index (χ1n) is 3.95. The monoisotopic (exact) mass is 198 g/mol. The lowest BCUT2D eigenvalue weighted by molar-refractivity contribution is 0.218. The molecule has 0 aliphatic carbocycles. The van der Waals surface area contributed by atoms with Crippen LogP contribution in [0.15, 0.2) is 24.5 Å². The summed E-state index contributed by atoms with van der Waals surface area (Å²) in [5.41, 5.74) is 1.02. The molecule has 1 aromatic heterocycles. The first-order valence-corrected chi connectivity index (χ1v) is 4.33. The van der Waals surface area contributed by atoms with Crippen LogP contribution in [0.4, 0.5) is 4.79 Å². The lowest BCUT2D eigenvalue weighted by Crippen LogP contribution is -2.24. The van der Waals surface area contributed by atoms with Crippen LogP contribution in [0.2, 0.25) is 0 Å². The van der Waals surface area contributed by atoms with Crippen LogP contribution in [0.5, 0.6) is 0 Å². The average Bonchev–Trinajstić information content (AvgIpc) is 2.17. The molecule has 3 nitrogen and oxygen atoms in total. The van der Waals surface area contributed by atoms with Crippen molar-refractivity contribution in [3.63, 3.8) is 0 Å². The lowest BCUT2D eigenvalue weighted by atomic mass is 10.1. The molecule has 0 N–H and O–H groups in total. The van der Waals surface area contributed by atoms with Crippen molar-refractivity contribution in [1.29, 1.82) is 0 Å². The van der Waals surface area contributed by atoms with Gasteiger partial charge in [0.15, 0.2) is 0 Å². The summed E-state index contributed by atoms with van der Waals surface area (Å²) < 4.78 is 0. The van der Waals surface area contributed by atoms with E-state index in [4.69, 9.17) is 11.6 Å². The number of halogens is 1. The maximum absolute atomic E-state index is 10.8. The molecule has 1 unspecified atom stereocenters. The molecule has 0 aliphatic heterocycles. The van der Waals surface area contributed by atoms with Gasteiger partial charge in [-0.2, -0.15) is 0 Å². The summed E-state index contributed by atoms with van der Waals surface area (Å²) in [5.74, 6) is 0. The SMILES string of the molecule is CC(c1ccncc1)N(C)C(=O)Cl. The Morgan fingerprint density at radius 1 is 1.54 bits per heavy atom. The molecule has 0 saturated heterocycles. The Morgan fingerprint density at radius 2 is 2.08 bits per heavy atom. The fourth-order valence-corrected chi connectivity index (χ4v) is 1.16. The maximum Gasteiger partial charge on any atom is 0.316 e. The van der Waals surface area contributed by atoms with Crippen molar-refractivity contribution in [1.82, 2.24) is 9.88 Å². The van der Waals surface area contributed by atoms with Gasteiger partial charge in [0.1, 0.15) is 0 Å². The highest BCUT2D eigenvalue weighted by atomic mass is 35.5. The second-order valence-corrected chi connectivity index (χ2v) is 3.14. The highest BCUT2D eigenvalue weighted by Crippen LogP contribution is 2.18. The van der Waals surface area contributed by atoms with Gasteiger partial charge in [0.2, 0.25) is 0 Å². The zero-order valence-corrected chi connectivity index (χ0v) is 8.32. The van der Waals surface area contributed by atoms with E-state index >= 15 is 0 Å². The molecule has 1 amide bonds. The minimum Gasteiger partial charge on any atom is -0.326 e. The second-order valence-electron chi connectivity index (χ2n) is 2.82. The number of hydrogen-bond donors (Lipinski definition) is 0. The van der Waals surface area contributed by atoms with Crippen LogP contribution in [-0.4, -0.2) is 22.3 Å². The van der Waals surface area contributed by atoms with Crippen molar-refractivity contribution >= 4 is 17.0 Å². The summed E-state index contributed by atoms with van der Waals surface area (Å²) in [7, 11) is 1.67. The van der Waals surface area contributed by atoms with Gasteiger partial charge in [0.25, 0.3) is 0 Å². The third kappa shape index (κ3) is 2.42. The van der Waals surface area contributed by atoms with Crippen molar-refractivity contribution in [2.75, 3.05) is 7.05 Å². The molecule has 0 saturated carbocycles. The smallest absolute Gasteiger partial charge is 0.316 e. The van der Waals surface area contributed by atoms with Gasteiger partial charge in [-0.15, -0.1) is 0 Å². The van der Waals surface area contributed by atoms with E-state index < -0.39 is 5.37 Å². The van der Waals surface area contributed by atoms with E-state index in [1.807, 2.05) is 19.1 Å². The third-order valence-electron chi connectivity index (χ3n) is 2.05. The fourth-order valence-electron chi connectivity index (χ4n) is 1.02. The predicted molar refractivity (Wildman–Crippen MR) is 51.7 cm³/mol. The summed E-state index contributed by atoms with van der Waals surface area (Å²) in [6.07, 6.45) is 3.39. The molecular weight excluding hydrogens is 188 g/mol. The largest absolute Gasteiger partial charge is 0.326 e. The number of hydrogen-bond acceptors (Lipinski definition) is 2. The standard InChI is InChI=1S/C9H11ClN2O/c1-7(12(2)9(10)13)8-3-5-11-6-4-8/h3-7H,1-2H3. The van der Waals surface area contributed by atoms with Crippen LogP contribution in [0, 0.1) is 0 Å². The van der Waals surface area contributed by atoms with Crippen LogP contribution in [-0.2, 0) is 0 Å². The number of nitrogens with zero attached hydrogens (tertiary/aromatic N) is 2. The normalized spacial score (nSPS) is 12.2. The van der Waals surface area contributed by atoms with E-state index in [-0.39, 0.29) is 6.04 Å². The number of carbonyl (C=O) groups is 1. The number of rotatable bonds is 2. The zero-order valence-electron chi connectivity index (χ0n) is 7.57. The van der Waals surface area contributed by atoms with E-state index in [0.717, 1.165) is 5.56 Å². The van der Waals surface area contributed by atoms with E-state index in [2.05, 4.69) is 4.98 Å². The molecule has 1 heterocycles. The number of pyridine rings is 1. The van der Waals surface area contributed by atoms with Gasteiger partial charge in [0, 0.05) is 19.4 Å². The summed E-state index contributed by atoms with van der Waals surface area (Å²) in [6.45, 7) is 1.91. The Morgan fingerprint density at radius 3 is 2.54 bits per heavy atom. The van der Waals surface area contributed by atoms with Crippen molar-refractivity contribution < 1.29 is 4.79 Å². The highest BCUT2D eigenvalue weighted by molar-refractivity contribution is 6.62. The minimum absolute atomic E-state index is 0.0204. The van der Waals surface area contributed by atoms with Crippen molar-refractivity contribution in [3.8, 4) is 0 Å². The van der Waals surface area contributed by atoms with Gasteiger partial charge in [-0.25, -0.2) is 0 Å². The summed E-state index contributed by atoms with van der Waals surface area (Å²) in [6, 6.07) is 3.70. The molecule has 70 valence electrons. The first-order chi connectivity index (χ1) is 6.13. The molecule has 13 heavy (non-hydrogen) atoms. The molecule has 0 radical (unpaired) electrons. The Bertz CT molecular complexity index is 289. The van der Waals surface area contributed by atoms with Crippen molar-refractivity contribution in [3.05, 3.63) is 30.1 Å². The molecule has 0 spiro atoms. The molecular formula is C9H11ClN2O. The minimum atomic E-state index is -0.454. The van der Waals surface area contributed by atoms with E-state index in [1.54, 1.807) is 19.4 Å². The van der Waals surface area contributed by atoms with Gasteiger partial charge in [0.05, 0.1) is 6.04 Å². The van der Waals surface area contributed by atoms with Crippen molar-refractivity contribution in [2.45, 2.75) is 13.0 Å². The topological polar surface area (TPSA) is 33.2 Å². The van der Waals surface area contributed by atoms with E-state index in [9.17, 15) is 4.79 Å². The van der Waals surface area contributed by atoms with Gasteiger partial charge >= 0.3 is 5.37 Å². The summed E-state index contributed by atoms with van der Waals surface area (Å²) >= 11 is 5.34. The Balaban J connectivity index is 2.79. The molecule has 1 rings (SSSR count). The zero-order chi connectivity index (χ0) is 9.84. The molecule has 1 atom stereocenters. The van der Waals surface area contributed by atoms with Gasteiger partial charge in [-0.05, 0) is 36.2 Å². The lowest BCUT2D eigenvalue weighted by Gasteiger charge is -2.22. The van der Waals surface area contributed by atoms with E-state index in [0.29, 0.717) is 0 Å². The maximum atomic E-state index is 10.8. The van der Waals surface area contributed by atoms with E-state index in [1.165, 1.54) is 4.90 Å². The molecule has 1 aromatic rings. The average molecular weight is 199 g/mol. The molecule has 0 aromatic carbocycles. The molecule has 0 fully saturated rings. The predicted octanol–water partition coefficient (Wildman–Crippen LogP) is 2.43. The second kappa shape index (κ2) is 4.23. The fraction of sp³-hybridized carbons (Fsp3) is 0.333. The third-order valence-corrected chi connectivity index (χ3v) is 2.31. The van der Waals surface area contributed by atoms with Crippen LogP contribution in [0.3, 0.4) is 0 Å². The summed E-state index contributed by atoms with van der Waals surface area (Å²) in [5, 5.41) is -0.454. The van der Waals surface area contributed by atoms with Gasteiger partial charge < -0.3 is 4.90 Å². The number of aromatic nitrogens is 1. The Kier molecular flexibility index (Phi) is 3.25. The van der Waals surface area contributed by atoms with Gasteiger partial charge in [-0.3, -0.25) is 9.78 Å². The molecule has 4 heteroatoms. The number of amides is 1. The van der Waals surface area contributed by atoms with Gasteiger partial charge in [-0.1, -0.05) is 0 Å². The van der Waals surface area contributed by atoms with Crippen LogP contribution < -0.4 is 0 Å².